The van der Waals surface area contributed by atoms with Gasteiger partial charge in [-0.1, -0.05) is 44.2 Å². The van der Waals surface area contributed by atoms with Gasteiger partial charge in [-0.05, 0) is 60.4 Å². The molecule has 0 saturated carbocycles. The minimum atomic E-state index is -3.97. The van der Waals surface area contributed by atoms with Gasteiger partial charge in [0.05, 0.1) is 24.2 Å². The fraction of sp³-hybridized carbons (Fsp3) is 0.321. The van der Waals surface area contributed by atoms with E-state index >= 15 is 0 Å². The summed E-state index contributed by atoms with van der Waals surface area (Å²) in [5.41, 5.74) is 0.911. The van der Waals surface area contributed by atoms with Crippen LogP contribution < -0.4 is 10.1 Å². The van der Waals surface area contributed by atoms with E-state index in [1.165, 1.54) is 35.7 Å². The number of rotatable bonds is 12. The molecule has 0 aromatic heterocycles. The molecule has 3 aromatic rings. The molecule has 0 saturated heterocycles. The van der Waals surface area contributed by atoms with Gasteiger partial charge in [0.2, 0.25) is 10.0 Å². The van der Waals surface area contributed by atoms with Crippen molar-refractivity contribution in [3.05, 3.63) is 83.9 Å². The summed E-state index contributed by atoms with van der Waals surface area (Å²) >= 11 is 0. The van der Waals surface area contributed by atoms with Gasteiger partial charge in [0.15, 0.2) is 11.5 Å². The van der Waals surface area contributed by atoms with E-state index in [9.17, 15) is 28.5 Å². The Morgan fingerprint density at radius 1 is 0.947 bits per heavy atom. The van der Waals surface area contributed by atoms with Crippen molar-refractivity contribution in [2.24, 2.45) is 5.92 Å². The Labute approximate surface area is 223 Å². The number of nitrogens with one attached hydrogen (secondary N) is 1. The van der Waals surface area contributed by atoms with E-state index in [-0.39, 0.29) is 41.6 Å². The van der Waals surface area contributed by atoms with Crippen molar-refractivity contribution >= 4 is 15.9 Å². The van der Waals surface area contributed by atoms with Crippen molar-refractivity contribution < 1.29 is 33.3 Å². The predicted molar refractivity (Wildman–Crippen MR) is 144 cm³/mol. The average Bonchev–Trinajstić information content (AvgIpc) is 2.89. The Hall–Kier alpha value is -3.60. The summed E-state index contributed by atoms with van der Waals surface area (Å²) in [6, 6.07) is 18.0. The summed E-state index contributed by atoms with van der Waals surface area (Å²) in [6.45, 7) is 3.65. The van der Waals surface area contributed by atoms with E-state index in [1.54, 1.807) is 12.1 Å². The van der Waals surface area contributed by atoms with Gasteiger partial charge < -0.3 is 25.4 Å². The van der Waals surface area contributed by atoms with Crippen molar-refractivity contribution in [2.75, 3.05) is 20.2 Å². The Balaban J connectivity index is 1.89. The van der Waals surface area contributed by atoms with Crippen LogP contribution in [-0.2, 0) is 16.4 Å². The van der Waals surface area contributed by atoms with E-state index in [0.717, 1.165) is 11.6 Å². The SMILES string of the molecule is COc1ccc(S(=O)(=O)N(CC(C)C)C[C@@H](O)[C@H](Cc2ccccc2)NC(=O)c2ccc(O)c(O)c2)cc1. The average molecular weight is 543 g/mol. The van der Waals surface area contributed by atoms with Crippen molar-refractivity contribution in [1.29, 1.82) is 0 Å². The first-order valence-corrected chi connectivity index (χ1v) is 13.6. The number of carbonyl (C=O) groups is 1. The second-order valence-electron chi connectivity index (χ2n) is 9.43. The number of hydrogen-bond acceptors (Lipinski definition) is 7. The molecule has 0 aliphatic rings. The lowest BCUT2D eigenvalue weighted by molar-refractivity contribution is 0.0775. The zero-order valence-corrected chi connectivity index (χ0v) is 22.4. The van der Waals surface area contributed by atoms with Crippen molar-refractivity contribution in [3.63, 3.8) is 0 Å². The van der Waals surface area contributed by atoms with Gasteiger partial charge >= 0.3 is 0 Å². The van der Waals surface area contributed by atoms with Gasteiger partial charge in [0.25, 0.3) is 5.91 Å². The van der Waals surface area contributed by atoms with Crippen LogP contribution in [0.25, 0.3) is 0 Å². The highest BCUT2D eigenvalue weighted by atomic mass is 32.2. The summed E-state index contributed by atoms with van der Waals surface area (Å²) in [5, 5.41) is 33.5. The monoisotopic (exact) mass is 542 g/mol. The lowest BCUT2D eigenvalue weighted by Gasteiger charge is -2.31. The third-order valence-corrected chi connectivity index (χ3v) is 7.82. The third-order valence-electron chi connectivity index (χ3n) is 5.97. The lowest BCUT2D eigenvalue weighted by Crippen LogP contribution is -2.51. The number of carbonyl (C=O) groups excluding carboxylic acids is 1. The minimum Gasteiger partial charge on any atom is -0.504 e. The maximum atomic E-state index is 13.5. The molecule has 0 fully saturated rings. The highest BCUT2D eigenvalue weighted by molar-refractivity contribution is 7.89. The second-order valence-corrected chi connectivity index (χ2v) is 11.4. The Kier molecular flexibility index (Phi) is 9.73. The molecule has 38 heavy (non-hydrogen) atoms. The molecule has 0 radical (unpaired) electrons. The first kappa shape index (κ1) is 29.0. The molecular formula is C28H34N2O7S. The number of aromatic hydroxyl groups is 2. The van der Waals surface area contributed by atoms with Gasteiger partial charge in [0, 0.05) is 18.7 Å². The number of sulfonamides is 1. The molecule has 1 amide bonds. The Morgan fingerprint density at radius 2 is 1.61 bits per heavy atom. The maximum absolute atomic E-state index is 13.5. The number of aliphatic hydroxyl groups is 1. The van der Waals surface area contributed by atoms with Crippen LogP contribution in [0.5, 0.6) is 17.2 Å². The number of hydrogen-bond donors (Lipinski definition) is 4. The molecule has 0 aliphatic heterocycles. The topological polar surface area (TPSA) is 136 Å². The highest BCUT2D eigenvalue weighted by Gasteiger charge is 2.31. The second kappa shape index (κ2) is 12.8. The van der Waals surface area contributed by atoms with Gasteiger partial charge in [-0.2, -0.15) is 4.31 Å². The lowest BCUT2D eigenvalue weighted by atomic mass is 10.00. The van der Waals surface area contributed by atoms with E-state index in [1.807, 2.05) is 44.2 Å². The number of benzene rings is 3. The van der Waals surface area contributed by atoms with Crippen LogP contribution in [0.3, 0.4) is 0 Å². The van der Waals surface area contributed by atoms with Crippen molar-refractivity contribution in [1.82, 2.24) is 9.62 Å². The quantitative estimate of drug-likeness (QED) is 0.258. The molecule has 0 aliphatic carbocycles. The number of aliphatic hydroxyl groups excluding tert-OH is 1. The Morgan fingerprint density at radius 3 is 2.18 bits per heavy atom. The van der Waals surface area contributed by atoms with Crippen molar-refractivity contribution in [3.8, 4) is 17.2 Å². The van der Waals surface area contributed by atoms with Gasteiger partial charge in [-0.25, -0.2) is 8.42 Å². The number of amides is 1. The number of phenols is 2. The van der Waals surface area contributed by atoms with Gasteiger partial charge in [-0.3, -0.25) is 4.79 Å². The standard InChI is InChI=1S/C28H34N2O7S/c1-19(2)17-30(38(35,36)23-12-10-22(37-3)11-13-23)18-27(33)24(15-20-7-5-4-6-8-20)29-28(34)21-9-14-25(31)26(32)16-21/h4-14,16,19,24,27,31-33H,15,17-18H2,1-3H3,(H,29,34)/t24-,27+/m0/s1. The van der Waals surface area contributed by atoms with E-state index < -0.39 is 33.8 Å². The fourth-order valence-corrected chi connectivity index (χ4v) is 5.60. The van der Waals surface area contributed by atoms with Crippen LogP contribution in [-0.4, -0.2) is 66.3 Å². The van der Waals surface area contributed by atoms with E-state index in [4.69, 9.17) is 4.74 Å². The first-order chi connectivity index (χ1) is 18.0. The predicted octanol–water partition coefficient (Wildman–Crippen LogP) is 3.16. The molecule has 9 nitrogen and oxygen atoms in total. The zero-order valence-electron chi connectivity index (χ0n) is 21.6. The number of methoxy groups -OCH3 is 1. The maximum Gasteiger partial charge on any atom is 0.251 e. The Bertz CT molecular complexity index is 1310. The number of ether oxygens (including phenoxy) is 1. The molecule has 2 atom stereocenters. The molecule has 204 valence electrons. The van der Waals surface area contributed by atoms with Gasteiger partial charge in [0.1, 0.15) is 5.75 Å². The van der Waals surface area contributed by atoms with Crippen LogP contribution >= 0.6 is 0 Å². The van der Waals surface area contributed by atoms with Crippen LogP contribution in [0, 0.1) is 5.92 Å². The van der Waals surface area contributed by atoms with Crippen LogP contribution in [0.1, 0.15) is 29.8 Å². The summed E-state index contributed by atoms with van der Waals surface area (Å²) in [5.74, 6) is -0.918. The molecule has 3 aromatic carbocycles. The van der Waals surface area contributed by atoms with Crippen molar-refractivity contribution in [2.45, 2.75) is 37.3 Å². The van der Waals surface area contributed by atoms with Crippen LogP contribution in [0.4, 0.5) is 0 Å². The third kappa shape index (κ3) is 7.47. The van der Waals surface area contributed by atoms with Crippen LogP contribution in [0.2, 0.25) is 0 Å². The molecule has 10 heteroatoms. The van der Waals surface area contributed by atoms with Crippen LogP contribution in [0.15, 0.2) is 77.7 Å². The summed E-state index contributed by atoms with van der Waals surface area (Å²) < 4.78 is 33.4. The van der Waals surface area contributed by atoms with Gasteiger partial charge in [-0.15, -0.1) is 0 Å². The summed E-state index contributed by atoms with van der Waals surface area (Å²) in [6.07, 6.45) is -1.03. The molecule has 0 bridgehead atoms. The van der Waals surface area contributed by atoms with E-state index in [0.29, 0.717) is 5.75 Å². The molecular weight excluding hydrogens is 508 g/mol. The molecule has 0 heterocycles. The highest BCUT2D eigenvalue weighted by Crippen LogP contribution is 2.25. The first-order valence-electron chi connectivity index (χ1n) is 12.2. The minimum absolute atomic E-state index is 0.0302. The number of nitrogens with zero attached hydrogens (tertiary/aromatic N) is 1. The molecule has 0 unspecified atom stereocenters. The summed E-state index contributed by atoms with van der Waals surface area (Å²) in [4.78, 5) is 13.1. The fourth-order valence-electron chi connectivity index (χ4n) is 3.98. The number of phenolic OH excluding ortho intramolecular Hbond substituents is 2. The smallest absolute Gasteiger partial charge is 0.251 e. The zero-order chi connectivity index (χ0) is 27.9. The summed E-state index contributed by atoms with van der Waals surface area (Å²) in [7, 11) is -2.48. The molecule has 0 spiro atoms. The molecule has 4 N–H and O–H groups in total. The van der Waals surface area contributed by atoms with E-state index in [2.05, 4.69) is 5.32 Å². The molecule has 3 rings (SSSR count). The largest absolute Gasteiger partial charge is 0.504 e. The normalized spacial score (nSPS) is 13.3.